The van der Waals surface area contributed by atoms with Gasteiger partial charge < -0.3 is 31.7 Å². The van der Waals surface area contributed by atoms with Gasteiger partial charge in [-0.2, -0.15) is 9.97 Å². The number of nitrogens with two attached hydrogens (primary N) is 2. The number of aliphatic carboxylic acids is 2. The Kier molecular flexibility index (Phi) is 7.33. The number of amides is 3. The van der Waals surface area contributed by atoms with Crippen molar-refractivity contribution < 1.29 is 34.1 Å². The highest BCUT2D eigenvalue weighted by molar-refractivity contribution is 6.02. The third-order valence-corrected chi connectivity index (χ3v) is 4.73. The van der Waals surface area contributed by atoms with Crippen LogP contribution in [0.15, 0.2) is 16.9 Å². The van der Waals surface area contributed by atoms with E-state index in [0.29, 0.717) is 12.8 Å². The van der Waals surface area contributed by atoms with Gasteiger partial charge in [-0.25, -0.2) is 9.59 Å². The van der Waals surface area contributed by atoms with Gasteiger partial charge in [0.1, 0.15) is 23.7 Å². The molecular formula is C19H22N8O8. The number of anilines is 5. The molecule has 35 heavy (non-hydrogen) atoms. The minimum Gasteiger partial charge on any atom is -0.481 e. The summed E-state index contributed by atoms with van der Waals surface area (Å²) >= 11 is 0. The second kappa shape index (κ2) is 10.4. The first kappa shape index (κ1) is 24.7. The lowest BCUT2D eigenvalue weighted by molar-refractivity contribution is -0.140. The van der Waals surface area contributed by atoms with Gasteiger partial charge in [0.05, 0.1) is 0 Å². The van der Waals surface area contributed by atoms with E-state index in [1.807, 2.05) is 0 Å². The molecule has 186 valence electrons. The van der Waals surface area contributed by atoms with Crippen LogP contribution in [0.25, 0.3) is 0 Å². The van der Waals surface area contributed by atoms with Crippen LogP contribution in [0.1, 0.15) is 25.7 Å². The van der Waals surface area contributed by atoms with Gasteiger partial charge in [-0.05, 0) is 31.4 Å². The van der Waals surface area contributed by atoms with Gasteiger partial charge in [-0.1, -0.05) is 0 Å². The van der Waals surface area contributed by atoms with Crippen LogP contribution >= 0.6 is 0 Å². The Morgan fingerprint density at radius 3 is 2.51 bits per heavy atom. The van der Waals surface area contributed by atoms with Crippen molar-refractivity contribution in [3.8, 4) is 5.88 Å². The molecule has 1 atom stereocenters. The number of nitrogen functional groups attached to an aromatic ring is 2. The van der Waals surface area contributed by atoms with Crippen LogP contribution in [0.5, 0.6) is 5.88 Å². The fourth-order valence-corrected chi connectivity index (χ4v) is 2.93. The number of aromatic amines is 1. The number of carboxylic acid groups (broad SMARTS) is 2. The van der Waals surface area contributed by atoms with E-state index in [4.69, 9.17) is 21.3 Å². The lowest BCUT2D eigenvalue weighted by Gasteiger charge is -2.24. The molecule has 0 unspecified atom stereocenters. The van der Waals surface area contributed by atoms with Gasteiger partial charge in [-0.15, -0.1) is 0 Å². The Balaban J connectivity index is 1.86. The summed E-state index contributed by atoms with van der Waals surface area (Å²) in [6.45, 7) is 0. The summed E-state index contributed by atoms with van der Waals surface area (Å²) in [7, 11) is 0. The molecule has 1 saturated carbocycles. The number of pyridine rings is 1. The Morgan fingerprint density at radius 1 is 1.23 bits per heavy atom. The van der Waals surface area contributed by atoms with E-state index in [1.54, 1.807) is 0 Å². The van der Waals surface area contributed by atoms with Crippen LogP contribution in [-0.2, 0) is 14.4 Å². The molecule has 16 heteroatoms. The van der Waals surface area contributed by atoms with Gasteiger partial charge in [0, 0.05) is 6.42 Å². The summed E-state index contributed by atoms with van der Waals surface area (Å²) in [6.07, 6.45) is 0.593. The molecule has 0 radical (unpaired) electrons. The van der Waals surface area contributed by atoms with Gasteiger partial charge in [-0.3, -0.25) is 29.6 Å². The monoisotopic (exact) mass is 490 g/mol. The van der Waals surface area contributed by atoms with Crippen LogP contribution in [0, 0.1) is 0 Å². The Bertz CT molecular complexity index is 1210. The van der Waals surface area contributed by atoms with Crippen molar-refractivity contribution in [1.82, 2.24) is 15.0 Å². The number of hydrogen-bond acceptors (Lipinski definition) is 10. The quantitative estimate of drug-likeness (QED) is 0.202. The van der Waals surface area contributed by atoms with Gasteiger partial charge in [0.2, 0.25) is 18.2 Å². The molecule has 0 bridgehead atoms. The summed E-state index contributed by atoms with van der Waals surface area (Å²) in [5.41, 5.74) is 9.92. The van der Waals surface area contributed by atoms with E-state index in [0.717, 1.165) is 4.90 Å². The third kappa shape index (κ3) is 6.34. The minimum atomic E-state index is -1.50. The fourth-order valence-electron chi connectivity index (χ4n) is 2.93. The van der Waals surface area contributed by atoms with Gasteiger partial charge in [0.25, 0.3) is 5.56 Å². The lowest BCUT2D eigenvalue weighted by atomic mass is 10.1. The Hall–Kier alpha value is -4.89. The Labute approximate surface area is 196 Å². The van der Waals surface area contributed by atoms with Crippen LogP contribution in [0.3, 0.4) is 0 Å². The van der Waals surface area contributed by atoms with Crippen LogP contribution in [0.4, 0.5) is 33.8 Å². The number of carboxylic acids is 2. The maximum absolute atomic E-state index is 12.5. The summed E-state index contributed by atoms with van der Waals surface area (Å²) < 4.78 is 5.69. The zero-order chi connectivity index (χ0) is 25.7. The Morgan fingerprint density at radius 2 is 1.94 bits per heavy atom. The first-order valence-electron chi connectivity index (χ1n) is 10.2. The number of aromatic nitrogens is 3. The fraction of sp³-hybridized carbons (Fsp3) is 0.316. The average molecular weight is 490 g/mol. The maximum atomic E-state index is 12.5. The van der Waals surface area contributed by atoms with Crippen molar-refractivity contribution in [2.45, 2.75) is 37.8 Å². The highest BCUT2D eigenvalue weighted by Gasteiger charge is 2.30. The number of ether oxygens (including phenoxy) is 1. The van der Waals surface area contributed by atoms with Crippen molar-refractivity contribution >= 4 is 53.3 Å². The van der Waals surface area contributed by atoms with Crippen molar-refractivity contribution in [1.29, 1.82) is 0 Å². The van der Waals surface area contributed by atoms with Crippen LogP contribution < -0.4 is 37.3 Å². The first-order valence-corrected chi connectivity index (χ1v) is 10.2. The minimum absolute atomic E-state index is 0.0415. The number of hydrogen-bond donors (Lipinski definition) is 7. The number of carbonyl (C=O) groups excluding carboxylic acids is 2. The van der Waals surface area contributed by atoms with E-state index in [2.05, 4.69) is 25.6 Å². The molecule has 16 nitrogen and oxygen atoms in total. The van der Waals surface area contributed by atoms with E-state index < -0.39 is 36.0 Å². The second-order valence-electron chi connectivity index (χ2n) is 7.43. The number of rotatable bonds is 11. The highest BCUT2D eigenvalue weighted by Crippen LogP contribution is 2.33. The molecule has 0 aliphatic heterocycles. The predicted molar refractivity (Wildman–Crippen MR) is 121 cm³/mol. The predicted octanol–water partition coefficient (Wildman–Crippen LogP) is -0.205. The summed E-state index contributed by atoms with van der Waals surface area (Å²) in [4.78, 5) is 69.4. The molecule has 9 N–H and O–H groups in total. The lowest BCUT2D eigenvalue weighted by Crippen LogP contribution is -2.41. The molecule has 2 aromatic heterocycles. The van der Waals surface area contributed by atoms with E-state index >= 15 is 0 Å². The topological polar surface area (TPSA) is 256 Å². The standard InChI is InChI=1S/C19H22N8O8/c20-14-13(15(31)26-18(21)25-14)24-19(34)22-9-3-5-11(23-16(9)35-8-1-2-8)27(7-28)10(17(32)33)4-6-12(29)30/h3,5,7-8,10H,1-2,4,6H2,(H,29,30)(H,32,33)(H2,22,24,34)(H5,20,21,25,26,31)/t10-/m0/s1. The van der Waals surface area contributed by atoms with Crippen LogP contribution in [0.2, 0.25) is 0 Å². The SMILES string of the molecule is Nc1nc(N)c(NC(=O)Nc2ccc(N(C=O)[C@@H](CCC(=O)O)C(=O)O)nc2OC2CC2)c(=O)[nH]1. The van der Waals surface area contributed by atoms with Crippen molar-refractivity contribution in [2.24, 2.45) is 0 Å². The van der Waals surface area contributed by atoms with E-state index in [9.17, 15) is 29.1 Å². The summed E-state index contributed by atoms with van der Waals surface area (Å²) in [6, 6.07) is 0.147. The molecule has 1 aliphatic carbocycles. The van der Waals surface area contributed by atoms with Crippen molar-refractivity contribution in [2.75, 3.05) is 27.0 Å². The first-order chi connectivity index (χ1) is 16.6. The molecule has 1 fully saturated rings. The molecule has 1 aliphatic rings. The molecule has 0 aromatic carbocycles. The molecule has 0 saturated heterocycles. The summed E-state index contributed by atoms with van der Waals surface area (Å²) in [5.74, 6) is -3.46. The molecule has 2 aromatic rings. The number of urea groups is 1. The normalized spacial score (nSPS) is 13.4. The zero-order valence-electron chi connectivity index (χ0n) is 18.1. The molecular weight excluding hydrogens is 468 g/mol. The third-order valence-electron chi connectivity index (χ3n) is 4.73. The van der Waals surface area contributed by atoms with Gasteiger partial charge >= 0.3 is 18.0 Å². The maximum Gasteiger partial charge on any atom is 0.326 e. The van der Waals surface area contributed by atoms with Crippen LogP contribution in [-0.4, -0.2) is 61.7 Å². The van der Waals surface area contributed by atoms with Gasteiger partial charge in [0.15, 0.2) is 11.5 Å². The van der Waals surface area contributed by atoms with E-state index in [1.165, 1.54) is 12.1 Å². The number of nitrogens with zero attached hydrogens (tertiary/aromatic N) is 3. The van der Waals surface area contributed by atoms with Crippen molar-refractivity contribution in [3.63, 3.8) is 0 Å². The molecule has 3 amide bonds. The summed E-state index contributed by atoms with van der Waals surface area (Å²) in [5, 5.41) is 23.0. The van der Waals surface area contributed by atoms with Crippen molar-refractivity contribution in [3.05, 3.63) is 22.5 Å². The molecule has 3 rings (SSSR count). The number of carbonyl (C=O) groups is 4. The largest absolute Gasteiger partial charge is 0.481 e. The second-order valence-corrected chi connectivity index (χ2v) is 7.43. The highest BCUT2D eigenvalue weighted by atomic mass is 16.5. The van der Waals surface area contributed by atoms with E-state index in [-0.39, 0.29) is 53.8 Å². The number of nitrogens with one attached hydrogen (secondary N) is 3. The zero-order valence-corrected chi connectivity index (χ0v) is 18.1. The smallest absolute Gasteiger partial charge is 0.326 e. The average Bonchev–Trinajstić information content (AvgIpc) is 3.58. The number of H-pyrrole nitrogens is 1. The molecule has 2 heterocycles. The molecule has 0 spiro atoms.